The van der Waals surface area contributed by atoms with Crippen LogP contribution < -0.4 is 5.73 Å². The smallest absolute Gasteiger partial charge is 0.222 e. The second kappa shape index (κ2) is 4.63. The second-order valence-corrected chi connectivity index (χ2v) is 6.84. The van der Waals surface area contributed by atoms with Crippen LogP contribution in [0.5, 0.6) is 0 Å². The van der Waals surface area contributed by atoms with Crippen LogP contribution >= 0.6 is 11.3 Å². The molecule has 1 fully saturated rings. The molecule has 1 aromatic heterocycles. The molecule has 0 aromatic carbocycles. The lowest BCUT2D eigenvalue weighted by Crippen LogP contribution is -2.47. The third-order valence-corrected chi connectivity index (χ3v) is 4.66. The van der Waals surface area contributed by atoms with Gasteiger partial charge in [-0.1, -0.05) is 20.8 Å². The Bertz CT molecular complexity index is 449. The van der Waals surface area contributed by atoms with Gasteiger partial charge in [0, 0.05) is 30.3 Å². The number of carbonyl (C=O) groups is 1. The molecule has 0 spiro atoms. The van der Waals surface area contributed by atoms with Gasteiger partial charge in [0.15, 0.2) is 0 Å². The predicted octanol–water partition coefficient (Wildman–Crippen LogP) is 2.06. The summed E-state index contributed by atoms with van der Waals surface area (Å²) in [6.45, 7) is 6.43. The lowest BCUT2D eigenvalue weighted by Gasteiger charge is -2.36. The Kier molecular flexibility index (Phi) is 3.47. The molecule has 1 saturated heterocycles. The van der Waals surface area contributed by atoms with Gasteiger partial charge in [0.1, 0.15) is 0 Å². The molecule has 2 rings (SSSR count). The van der Waals surface area contributed by atoms with Crippen molar-refractivity contribution in [2.45, 2.75) is 51.1 Å². The normalized spacial score (nSPS) is 25.6. The summed E-state index contributed by atoms with van der Waals surface area (Å²) in [4.78, 5) is 18.2. The summed E-state index contributed by atoms with van der Waals surface area (Å²) in [6, 6.07) is -0.0822. The first-order valence-corrected chi connectivity index (χ1v) is 7.16. The molecule has 0 bridgehead atoms. The maximum atomic E-state index is 11.8. The fraction of sp³-hybridized carbons (Fsp3) is 0.692. The van der Waals surface area contributed by atoms with Crippen molar-refractivity contribution in [2.75, 3.05) is 7.05 Å². The Balaban J connectivity index is 2.29. The van der Waals surface area contributed by atoms with E-state index in [4.69, 9.17) is 5.73 Å². The van der Waals surface area contributed by atoms with Crippen molar-refractivity contribution in [3.05, 3.63) is 16.1 Å². The van der Waals surface area contributed by atoms with Crippen molar-refractivity contribution < 1.29 is 4.79 Å². The van der Waals surface area contributed by atoms with E-state index in [2.05, 4.69) is 25.8 Å². The summed E-state index contributed by atoms with van der Waals surface area (Å²) in [5, 5.41) is 3.14. The summed E-state index contributed by atoms with van der Waals surface area (Å²) < 4.78 is 0. The number of likely N-dealkylation sites (N-methyl/N-ethyl adjacent to an activating group) is 1. The first-order chi connectivity index (χ1) is 8.30. The third kappa shape index (κ3) is 2.42. The van der Waals surface area contributed by atoms with Crippen LogP contribution in [0.25, 0.3) is 0 Å². The number of amides is 1. The van der Waals surface area contributed by atoms with E-state index < -0.39 is 0 Å². The van der Waals surface area contributed by atoms with Gasteiger partial charge in [-0.15, -0.1) is 11.3 Å². The van der Waals surface area contributed by atoms with Gasteiger partial charge >= 0.3 is 0 Å². The van der Waals surface area contributed by atoms with E-state index in [9.17, 15) is 4.79 Å². The third-order valence-electron chi connectivity index (χ3n) is 3.37. The van der Waals surface area contributed by atoms with E-state index >= 15 is 0 Å². The number of thiazole rings is 1. The monoisotopic (exact) mass is 267 g/mol. The van der Waals surface area contributed by atoms with Gasteiger partial charge < -0.3 is 10.6 Å². The number of hydrogen-bond donors (Lipinski definition) is 1. The fourth-order valence-electron chi connectivity index (χ4n) is 2.25. The highest BCUT2D eigenvalue weighted by Crippen LogP contribution is 2.33. The molecule has 0 saturated carbocycles. The number of nitrogens with two attached hydrogens (primary N) is 1. The Hall–Kier alpha value is -0.940. The topological polar surface area (TPSA) is 59.2 Å². The zero-order valence-corrected chi connectivity index (χ0v) is 12.3. The number of aromatic nitrogens is 1. The van der Waals surface area contributed by atoms with Crippen LogP contribution in [-0.4, -0.2) is 28.9 Å². The summed E-state index contributed by atoms with van der Waals surface area (Å²) >= 11 is 1.65. The fourth-order valence-corrected chi connectivity index (χ4v) is 3.19. The molecule has 2 heterocycles. The SMILES string of the molecule is CN1C(=O)CCC(N)C1c1csc(C(C)(C)C)n1. The Morgan fingerprint density at radius 2 is 2.17 bits per heavy atom. The van der Waals surface area contributed by atoms with Gasteiger partial charge in [-0.05, 0) is 6.42 Å². The molecule has 1 amide bonds. The number of rotatable bonds is 1. The van der Waals surface area contributed by atoms with Crippen LogP contribution in [0, 0.1) is 0 Å². The van der Waals surface area contributed by atoms with Crippen LogP contribution in [0.4, 0.5) is 0 Å². The van der Waals surface area contributed by atoms with E-state index in [1.165, 1.54) is 0 Å². The molecule has 2 N–H and O–H groups in total. The summed E-state index contributed by atoms with van der Waals surface area (Å²) in [6.07, 6.45) is 1.29. The van der Waals surface area contributed by atoms with Crippen LogP contribution in [0.1, 0.15) is 50.4 Å². The van der Waals surface area contributed by atoms with Crippen molar-refractivity contribution >= 4 is 17.2 Å². The highest BCUT2D eigenvalue weighted by molar-refractivity contribution is 7.09. The average molecular weight is 267 g/mol. The van der Waals surface area contributed by atoms with Gasteiger partial charge in [0.2, 0.25) is 5.91 Å². The van der Waals surface area contributed by atoms with Crippen LogP contribution in [-0.2, 0) is 10.2 Å². The summed E-state index contributed by atoms with van der Waals surface area (Å²) in [5.41, 5.74) is 7.14. The number of hydrogen-bond acceptors (Lipinski definition) is 4. The molecule has 0 aliphatic carbocycles. The van der Waals surface area contributed by atoms with Crippen molar-refractivity contribution in [2.24, 2.45) is 5.73 Å². The molecule has 1 aromatic rings. The Morgan fingerprint density at radius 1 is 1.50 bits per heavy atom. The summed E-state index contributed by atoms with van der Waals surface area (Å²) in [7, 11) is 1.82. The van der Waals surface area contributed by atoms with Crippen molar-refractivity contribution in [3.63, 3.8) is 0 Å². The zero-order chi connectivity index (χ0) is 13.5. The van der Waals surface area contributed by atoms with Gasteiger partial charge in [0.05, 0.1) is 16.7 Å². The lowest BCUT2D eigenvalue weighted by atomic mass is 9.94. The molecule has 2 unspecified atom stereocenters. The zero-order valence-electron chi connectivity index (χ0n) is 11.4. The van der Waals surface area contributed by atoms with Crippen LogP contribution in [0.2, 0.25) is 0 Å². The Morgan fingerprint density at radius 3 is 2.72 bits per heavy atom. The average Bonchev–Trinajstić information content (AvgIpc) is 2.73. The quantitative estimate of drug-likeness (QED) is 0.847. The largest absolute Gasteiger partial charge is 0.336 e. The molecule has 1 aliphatic heterocycles. The van der Waals surface area contributed by atoms with Crippen molar-refractivity contribution in [1.82, 2.24) is 9.88 Å². The molecule has 2 atom stereocenters. The maximum absolute atomic E-state index is 11.8. The molecule has 18 heavy (non-hydrogen) atoms. The Labute approximate surface area is 112 Å². The number of nitrogens with zero attached hydrogens (tertiary/aromatic N) is 2. The van der Waals surface area contributed by atoms with E-state index in [0.29, 0.717) is 6.42 Å². The van der Waals surface area contributed by atoms with Gasteiger partial charge in [-0.3, -0.25) is 4.79 Å². The van der Waals surface area contributed by atoms with Gasteiger partial charge in [-0.25, -0.2) is 4.98 Å². The van der Waals surface area contributed by atoms with Crippen LogP contribution in [0.15, 0.2) is 5.38 Å². The minimum Gasteiger partial charge on any atom is -0.336 e. The van der Waals surface area contributed by atoms with Gasteiger partial charge in [0.25, 0.3) is 0 Å². The highest BCUT2D eigenvalue weighted by Gasteiger charge is 2.34. The first-order valence-electron chi connectivity index (χ1n) is 6.28. The van der Waals surface area contributed by atoms with E-state index in [-0.39, 0.29) is 23.4 Å². The molecule has 5 heteroatoms. The molecule has 4 nitrogen and oxygen atoms in total. The molecular weight excluding hydrogens is 246 g/mol. The number of piperidine rings is 1. The van der Waals surface area contributed by atoms with Gasteiger partial charge in [-0.2, -0.15) is 0 Å². The molecule has 100 valence electrons. The first kappa shape index (κ1) is 13.5. The van der Waals surface area contributed by atoms with Crippen molar-refractivity contribution in [1.29, 1.82) is 0 Å². The minimum atomic E-state index is -0.0707. The van der Waals surface area contributed by atoms with Crippen molar-refractivity contribution in [3.8, 4) is 0 Å². The number of likely N-dealkylation sites (tertiary alicyclic amines) is 1. The molecule has 0 radical (unpaired) electrons. The standard InChI is InChI=1S/C13H21N3OS/c1-13(2,3)12-15-9(7-18-12)11-8(14)5-6-10(17)16(11)4/h7-8,11H,5-6,14H2,1-4H3. The molecule has 1 aliphatic rings. The lowest BCUT2D eigenvalue weighted by molar-refractivity contribution is -0.135. The summed E-state index contributed by atoms with van der Waals surface area (Å²) in [5.74, 6) is 0.159. The molecular formula is C13H21N3OS. The van der Waals surface area contributed by atoms with E-state index in [0.717, 1.165) is 17.1 Å². The second-order valence-electron chi connectivity index (χ2n) is 5.98. The number of carbonyl (C=O) groups excluding carboxylic acids is 1. The minimum absolute atomic E-state index is 0.0115. The predicted molar refractivity (Wildman–Crippen MR) is 73.5 cm³/mol. The van der Waals surface area contributed by atoms with E-state index in [1.807, 2.05) is 12.4 Å². The highest BCUT2D eigenvalue weighted by atomic mass is 32.1. The van der Waals surface area contributed by atoms with E-state index in [1.54, 1.807) is 16.2 Å². The maximum Gasteiger partial charge on any atom is 0.222 e. The van der Waals surface area contributed by atoms with Crippen LogP contribution in [0.3, 0.4) is 0 Å².